The summed E-state index contributed by atoms with van der Waals surface area (Å²) in [5, 5.41) is 0.262. The van der Waals surface area contributed by atoms with Gasteiger partial charge in [0.25, 0.3) is 0 Å². The molecule has 0 aliphatic rings. The van der Waals surface area contributed by atoms with Crippen molar-refractivity contribution < 1.29 is 13.9 Å². The molecule has 0 saturated heterocycles. The van der Waals surface area contributed by atoms with Crippen LogP contribution in [-0.2, 0) is 6.42 Å². The van der Waals surface area contributed by atoms with E-state index in [-0.39, 0.29) is 24.0 Å². The van der Waals surface area contributed by atoms with Gasteiger partial charge in [0.1, 0.15) is 13.2 Å². The van der Waals surface area contributed by atoms with Gasteiger partial charge >= 0.3 is 0 Å². The average Bonchev–Trinajstić information content (AvgIpc) is 2.46. The third-order valence-corrected chi connectivity index (χ3v) is 3.21. The predicted octanol–water partition coefficient (Wildman–Crippen LogP) is 4.20. The lowest BCUT2D eigenvalue weighted by atomic mass is 10.2. The van der Waals surface area contributed by atoms with Gasteiger partial charge in [-0.15, -0.1) is 0 Å². The van der Waals surface area contributed by atoms with Crippen LogP contribution in [-0.4, -0.2) is 18.2 Å². The SMILES string of the molecule is CCc1ccc(OCCOc2c(F)cc(C)cc2Cl)nc1. The summed E-state index contributed by atoms with van der Waals surface area (Å²) in [6, 6.07) is 6.80. The van der Waals surface area contributed by atoms with Crippen LogP contribution in [0.1, 0.15) is 18.1 Å². The topological polar surface area (TPSA) is 31.4 Å². The van der Waals surface area contributed by atoms with Crippen molar-refractivity contribution in [2.24, 2.45) is 0 Å². The Morgan fingerprint density at radius 1 is 1.19 bits per heavy atom. The number of hydrogen-bond acceptors (Lipinski definition) is 3. The standard InChI is InChI=1S/C16H17ClFNO2/c1-3-12-4-5-15(19-10-12)20-6-7-21-16-13(17)8-11(2)9-14(16)18/h4-5,8-10H,3,6-7H2,1-2H3. The number of ether oxygens (including phenoxy) is 2. The first-order chi connectivity index (χ1) is 10.1. The van der Waals surface area contributed by atoms with Gasteiger partial charge in [0.05, 0.1) is 5.02 Å². The lowest BCUT2D eigenvalue weighted by Gasteiger charge is -2.10. The fraction of sp³-hybridized carbons (Fsp3) is 0.312. The smallest absolute Gasteiger partial charge is 0.213 e. The molecule has 0 unspecified atom stereocenters. The van der Waals surface area contributed by atoms with Crippen LogP contribution in [0.25, 0.3) is 0 Å². The van der Waals surface area contributed by atoms with Gasteiger partial charge in [-0.3, -0.25) is 0 Å². The van der Waals surface area contributed by atoms with Crippen molar-refractivity contribution in [1.29, 1.82) is 0 Å². The van der Waals surface area contributed by atoms with Gasteiger partial charge < -0.3 is 9.47 Å². The molecule has 0 atom stereocenters. The van der Waals surface area contributed by atoms with E-state index in [2.05, 4.69) is 11.9 Å². The second-order valence-electron chi connectivity index (χ2n) is 4.61. The lowest BCUT2D eigenvalue weighted by Crippen LogP contribution is -2.10. The minimum Gasteiger partial charge on any atom is -0.485 e. The second-order valence-corrected chi connectivity index (χ2v) is 5.02. The summed E-state index contributed by atoms with van der Waals surface area (Å²) in [6.07, 6.45) is 2.70. The first-order valence-electron chi connectivity index (χ1n) is 6.76. The Morgan fingerprint density at radius 3 is 2.57 bits per heavy atom. The number of hydrogen-bond donors (Lipinski definition) is 0. The summed E-state index contributed by atoms with van der Waals surface area (Å²) in [7, 11) is 0. The molecule has 112 valence electrons. The first kappa shape index (κ1) is 15.6. The van der Waals surface area contributed by atoms with Crippen molar-refractivity contribution in [2.75, 3.05) is 13.2 Å². The molecular weight excluding hydrogens is 293 g/mol. The third kappa shape index (κ3) is 4.33. The summed E-state index contributed by atoms with van der Waals surface area (Å²) < 4.78 is 24.4. The van der Waals surface area contributed by atoms with Crippen molar-refractivity contribution >= 4 is 11.6 Å². The number of aromatic nitrogens is 1. The second kappa shape index (κ2) is 7.27. The van der Waals surface area contributed by atoms with Gasteiger partial charge in [0.15, 0.2) is 11.6 Å². The maximum Gasteiger partial charge on any atom is 0.213 e. The molecule has 1 aromatic heterocycles. The van der Waals surface area contributed by atoms with E-state index in [4.69, 9.17) is 21.1 Å². The molecule has 2 aromatic rings. The quantitative estimate of drug-likeness (QED) is 0.749. The molecule has 0 saturated carbocycles. The van der Waals surface area contributed by atoms with E-state index in [0.717, 1.165) is 17.5 Å². The maximum atomic E-state index is 13.7. The van der Waals surface area contributed by atoms with E-state index in [1.165, 1.54) is 6.07 Å². The molecule has 0 spiro atoms. The van der Waals surface area contributed by atoms with E-state index < -0.39 is 5.82 Å². The molecule has 21 heavy (non-hydrogen) atoms. The molecule has 2 rings (SSSR count). The summed E-state index contributed by atoms with van der Waals surface area (Å²) in [5.74, 6) is 0.108. The van der Waals surface area contributed by atoms with Crippen LogP contribution in [0.2, 0.25) is 5.02 Å². The molecule has 0 aliphatic heterocycles. The fourth-order valence-electron chi connectivity index (χ4n) is 1.82. The summed E-state index contributed by atoms with van der Waals surface area (Å²) >= 11 is 5.95. The number of rotatable bonds is 6. The average molecular weight is 310 g/mol. The monoisotopic (exact) mass is 309 g/mol. The van der Waals surface area contributed by atoms with Crippen LogP contribution < -0.4 is 9.47 Å². The molecule has 0 amide bonds. The minimum atomic E-state index is -0.467. The Hall–Kier alpha value is -1.81. The van der Waals surface area contributed by atoms with Gasteiger partial charge in [0, 0.05) is 12.3 Å². The van der Waals surface area contributed by atoms with Crippen molar-refractivity contribution in [3.8, 4) is 11.6 Å². The number of halogens is 2. The lowest BCUT2D eigenvalue weighted by molar-refractivity contribution is 0.206. The van der Waals surface area contributed by atoms with Crippen molar-refractivity contribution in [2.45, 2.75) is 20.3 Å². The molecule has 0 fully saturated rings. The molecular formula is C16H17ClFNO2. The summed E-state index contributed by atoms with van der Waals surface area (Å²) in [5.41, 5.74) is 1.90. The van der Waals surface area contributed by atoms with Crippen LogP contribution in [0.15, 0.2) is 30.5 Å². The van der Waals surface area contributed by atoms with E-state index in [0.29, 0.717) is 5.88 Å². The van der Waals surface area contributed by atoms with Crippen molar-refractivity contribution in [1.82, 2.24) is 4.98 Å². The minimum absolute atomic E-state index is 0.0557. The highest BCUT2D eigenvalue weighted by molar-refractivity contribution is 6.32. The summed E-state index contributed by atoms with van der Waals surface area (Å²) in [4.78, 5) is 4.16. The first-order valence-corrected chi connectivity index (χ1v) is 7.14. The van der Waals surface area contributed by atoms with Gasteiger partial charge in [-0.1, -0.05) is 24.6 Å². The number of pyridine rings is 1. The Kier molecular flexibility index (Phi) is 5.39. The predicted molar refractivity (Wildman–Crippen MR) is 80.8 cm³/mol. The van der Waals surface area contributed by atoms with Crippen LogP contribution in [0.5, 0.6) is 11.6 Å². The highest BCUT2D eigenvalue weighted by atomic mass is 35.5. The Labute approximate surface area is 128 Å². The zero-order valence-corrected chi connectivity index (χ0v) is 12.8. The zero-order valence-electron chi connectivity index (χ0n) is 12.0. The molecule has 3 nitrogen and oxygen atoms in total. The Balaban J connectivity index is 1.84. The van der Waals surface area contributed by atoms with E-state index in [1.54, 1.807) is 25.3 Å². The van der Waals surface area contributed by atoms with Crippen molar-refractivity contribution in [3.63, 3.8) is 0 Å². The largest absolute Gasteiger partial charge is 0.485 e. The molecule has 0 bridgehead atoms. The molecule has 1 aromatic carbocycles. The van der Waals surface area contributed by atoms with Gasteiger partial charge in [0.2, 0.25) is 5.88 Å². The van der Waals surface area contributed by atoms with Crippen LogP contribution in [0, 0.1) is 12.7 Å². The number of benzene rings is 1. The molecule has 0 N–H and O–H groups in total. The van der Waals surface area contributed by atoms with Gasteiger partial charge in [-0.25, -0.2) is 9.37 Å². The summed E-state index contributed by atoms with van der Waals surface area (Å²) in [6.45, 7) is 4.29. The van der Waals surface area contributed by atoms with E-state index in [1.807, 2.05) is 6.07 Å². The van der Waals surface area contributed by atoms with Gasteiger partial charge in [-0.05, 0) is 36.6 Å². The molecule has 0 radical (unpaired) electrons. The molecule has 0 aliphatic carbocycles. The maximum absolute atomic E-state index is 13.7. The normalized spacial score (nSPS) is 10.5. The Morgan fingerprint density at radius 2 is 1.95 bits per heavy atom. The van der Waals surface area contributed by atoms with Crippen LogP contribution >= 0.6 is 11.6 Å². The fourth-order valence-corrected chi connectivity index (χ4v) is 2.14. The Bertz CT molecular complexity index is 579. The van der Waals surface area contributed by atoms with E-state index in [9.17, 15) is 4.39 Å². The van der Waals surface area contributed by atoms with Gasteiger partial charge in [-0.2, -0.15) is 0 Å². The molecule has 5 heteroatoms. The van der Waals surface area contributed by atoms with Crippen LogP contribution in [0.4, 0.5) is 4.39 Å². The van der Waals surface area contributed by atoms with Crippen molar-refractivity contribution in [3.05, 3.63) is 52.4 Å². The number of nitrogens with zero attached hydrogens (tertiary/aromatic N) is 1. The highest BCUT2D eigenvalue weighted by Gasteiger charge is 2.09. The van der Waals surface area contributed by atoms with Crippen LogP contribution in [0.3, 0.4) is 0 Å². The number of aryl methyl sites for hydroxylation is 2. The van der Waals surface area contributed by atoms with E-state index >= 15 is 0 Å². The zero-order chi connectivity index (χ0) is 15.2. The highest BCUT2D eigenvalue weighted by Crippen LogP contribution is 2.28. The molecule has 1 heterocycles. The third-order valence-electron chi connectivity index (χ3n) is 2.93.